The summed E-state index contributed by atoms with van der Waals surface area (Å²) in [5.41, 5.74) is 6.86. The van der Waals surface area contributed by atoms with E-state index in [-0.39, 0.29) is 24.8 Å². The van der Waals surface area contributed by atoms with Gasteiger partial charge in [0, 0.05) is 19.3 Å². The van der Waals surface area contributed by atoms with Gasteiger partial charge in [-0.15, -0.1) is 0 Å². The maximum Gasteiger partial charge on any atom is 0.257 e. The first-order chi connectivity index (χ1) is 12.6. The lowest BCUT2D eigenvalue weighted by Gasteiger charge is -2.09. The van der Waals surface area contributed by atoms with Gasteiger partial charge in [-0.2, -0.15) is 0 Å². The van der Waals surface area contributed by atoms with Crippen molar-refractivity contribution in [3.05, 3.63) is 54.1 Å². The predicted molar refractivity (Wildman–Crippen MR) is 99.3 cm³/mol. The minimum Gasteiger partial charge on any atom is -0.492 e. The summed E-state index contributed by atoms with van der Waals surface area (Å²) >= 11 is 0. The number of hydrogen-bond acceptors (Lipinski definition) is 5. The number of rotatable bonds is 9. The third kappa shape index (κ3) is 6.45. The molecule has 2 amide bonds. The molecule has 4 N–H and O–H groups in total. The topological polar surface area (TPSA) is 103 Å². The molecule has 26 heavy (non-hydrogen) atoms. The summed E-state index contributed by atoms with van der Waals surface area (Å²) in [5.74, 6) is 0.880. The Morgan fingerprint density at radius 1 is 1.00 bits per heavy atom. The number of carbonyl (C=O) groups excluding carboxylic acids is 2. The van der Waals surface area contributed by atoms with E-state index in [2.05, 4.69) is 10.6 Å². The Kier molecular flexibility index (Phi) is 7.45. The molecule has 0 atom stereocenters. The molecule has 0 aliphatic carbocycles. The lowest BCUT2D eigenvalue weighted by atomic mass is 10.1. The van der Waals surface area contributed by atoms with E-state index in [9.17, 15) is 9.59 Å². The highest BCUT2D eigenvalue weighted by molar-refractivity contribution is 5.92. The molecule has 0 bridgehead atoms. The molecule has 0 saturated heterocycles. The zero-order valence-electron chi connectivity index (χ0n) is 14.7. The summed E-state index contributed by atoms with van der Waals surface area (Å²) in [6.45, 7) is 0.832. The molecule has 0 aliphatic rings. The van der Waals surface area contributed by atoms with Gasteiger partial charge in [-0.1, -0.05) is 12.1 Å². The Morgan fingerprint density at radius 2 is 1.77 bits per heavy atom. The quantitative estimate of drug-likeness (QED) is 0.628. The van der Waals surface area contributed by atoms with Gasteiger partial charge in [0.15, 0.2) is 6.61 Å². The van der Waals surface area contributed by atoms with E-state index in [4.69, 9.17) is 15.2 Å². The average molecular weight is 357 g/mol. The number of ether oxygens (including phenoxy) is 2. The van der Waals surface area contributed by atoms with Gasteiger partial charge < -0.3 is 25.8 Å². The van der Waals surface area contributed by atoms with Gasteiger partial charge >= 0.3 is 0 Å². The maximum absolute atomic E-state index is 12.2. The van der Waals surface area contributed by atoms with Gasteiger partial charge in [-0.05, 0) is 42.0 Å². The molecule has 0 radical (unpaired) electrons. The molecular weight excluding hydrogens is 334 g/mol. The van der Waals surface area contributed by atoms with Crippen molar-refractivity contribution in [3.63, 3.8) is 0 Å². The van der Waals surface area contributed by atoms with Crippen LogP contribution in [0.4, 0.5) is 5.69 Å². The van der Waals surface area contributed by atoms with Crippen LogP contribution in [0.2, 0.25) is 0 Å². The third-order valence-electron chi connectivity index (χ3n) is 3.44. The molecule has 0 saturated carbocycles. The Labute approximate surface area is 152 Å². The van der Waals surface area contributed by atoms with Crippen molar-refractivity contribution in [2.45, 2.75) is 6.42 Å². The molecule has 0 spiro atoms. The SMILES string of the molecule is CNC(=O)COc1cccc(CC(=O)Nc2ccc(OCCN)cc2)c1. The van der Waals surface area contributed by atoms with Crippen LogP contribution in [0.5, 0.6) is 11.5 Å². The number of nitrogens with one attached hydrogen (secondary N) is 2. The number of nitrogens with two attached hydrogens (primary N) is 1. The van der Waals surface area contributed by atoms with Gasteiger partial charge in [0.25, 0.3) is 5.91 Å². The Hall–Kier alpha value is -3.06. The molecule has 0 fully saturated rings. The number of carbonyl (C=O) groups is 2. The van der Waals surface area contributed by atoms with Crippen molar-refractivity contribution in [1.82, 2.24) is 5.32 Å². The lowest BCUT2D eigenvalue weighted by molar-refractivity contribution is -0.122. The summed E-state index contributed by atoms with van der Waals surface area (Å²) < 4.78 is 10.8. The minimum atomic E-state index is -0.216. The fraction of sp³-hybridized carbons (Fsp3) is 0.263. The van der Waals surface area contributed by atoms with Crippen LogP contribution in [0.25, 0.3) is 0 Å². The molecule has 0 heterocycles. The third-order valence-corrected chi connectivity index (χ3v) is 3.44. The Bertz CT molecular complexity index is 732. The maximum atomic E-state index is 12.2. The summed E-state index contributed by atoms with van der Waals surface area (Å²) in [6, 6.07) is 14.2. The van der Waals surface area contributed by atoms with E-state index in [0.29, 0.717) is 30.3 Å². The van der Waals surface area contributed by atoms with E-state index < -0.39 is 0 Å². The van der Waals surface area contributed by atoms with Crippen LogP contribution in [-0.4, -0.2) is 38.6 Å². The smallest absolute Gasteiger partial charge is 0.257 e. The number of hydrogen-bond donors (Lipinski definition) is 3. The van der Waals surface area contributed by atoms with E-state index in [1.54, 1.807) is 49.5 Å². The van der Waals surface area contributed by atoms with E-state index >= 15 is 0 Å². The van der Waals surface area contributed by atoms with Crippen LogP contribution in [0.3, 0.4) is 0 Å². The van der Waals surface area contributed by atoms with Crippen LogP contribution in [-0.2, 0) is 16.0 Å². The second-order valence-electron chi connectivity index (χ2n) is 5.50. The summed E-state index contributed by atoms with van der Waals surface area (Å²) in [4.78, 5) is 23.4. The molecule has 138 valence electrons. The van der Waals surface area contributed by atoms with Crippen molar-refractivity contribution < 1.29 is 19.1 Å². The number of likely N-dealkylation sites (N-methyl/N-ethyl adjacent to an activating group) is 1. The van der Waals surface area contributed by atoms with E-state index in [1.165, 1.54) is 0 Å². The summed E-state index contributed by atoms with van der Waals surface area (Å²) in [7, 11) is 1.54. The van der Waals surface area contributed by atoms with Gasteiger partial charge in [0.2, 0.25) is 5.91 Å². The molecule has 2 aromatic rings. The molecule has 0 aromatic heterocycles. The second kappa shape index (κ2) is 10.0. The van der Waals surface area contributed by atoms with E-state index in [1.807, 2.05) is 6.07 Å². The molecule has 7 nitrogen and oxygen atoms in total. The summed E-state index contributed by atoms with van der Waals surface area (Å²) in [5, 5.41) is 5.31. The first-order valence-corrected chi connectivity index (χ1v) is 8.26. The highest BCUT2D eigenvalue weighted by Gasteiger charge is 2.07. The number of amides is 2. The number of anilines is 1. The highest BCUT2D eigenvalue weighted by Crippen LogP contribution is 2.17. The molecule has 0 aliphatic heterocycles. The van der Waals surface area contributed by atoms with Gasteiger partial charge in [0.05, 0.1) is 6.42 Å². The van der Waals surface area contributed by atoms with Crippen molar-refractivity contribution in [2.75, 3.05) is 32.1 Å². The van der Waals surface area contributed by atoms with Crippen LogP contribution in [0, 0.1) is 0 Å². The zero-order chi connectivity index (χ0) is 18.8. The first-order valence-electron chi connectivity index (χ1n) is 8.26. The fourth-order valence-corrected chi connectivity index (χ4v) is 2.17. The normalized spacial score (nSPS) is 10.1. The largest absolute Gasteiger partial charge is 0.492 e. The molecule has 7 heteroatoms. The lowest BCUT2D eigenvalue weighted by Crippen LogP contribution is -2.24. The monoisotopic (exact) mass is 357 g/mol. The van der Waals surface area contributed by atoms with Crippen LogP contribution < -0.4 is 25.8 Å². The van der Waals surface area contributed by atoms with Crippen molar-refractivity contribution in [2.24, 2.45) is 5.73 Å². The van der Waals surface area contributed by atoms with Crippen LogP contribution in [0.1, 0.15) is 5.56 Å². The summed E-state index contributed by atoms with van der Waals surface area (Å²) in [6.07, 6.45) is 0.197. The van der Waals surface area contributed by atoms with Crippen molar-refractivity contribution in [3.8, 4) is 11.5 Å². The number of benzene rings is 2. The zero-order valence-corrected chi connectivity index (χ0v) is 14.7. The first kappa shape index (κ1) is 19.3. The standard InChI is InChI=1S/C19H23N3O4/c1-21-19(24)13-26-17-4-2-3-14(11-17)12-18(23)22-15-5-7-16(8-6-15)25-10-9-20/h2-8,11H,9-10,12-13,20H2,1H3,(H,21,24)(H,22,23). The molecule has 2 aromatic carbocycles. The fourth-order valence-electron chi connectivity index (χ4n) is 2.17. The van der Waals surface area contributed by atoms with Crippen LogP contribution >= 0.6 is 0 Å². The molecule has 2 rings (SSSR count). The van der Waals surface area contributed by atoms with Gasteiger partial charge in [-0.3, -0.25) is 9.59 Å². The van der Waals surface area contributed by atoms with Crippen molar-refractivity contribution >= 4 is 17.5 Å². The Morgan fingerprint density at radius 3 is 2.46 bits per heavy atom. The highest BCUT2D eigenvalue weighted by atomic mass is 16.5. The van der Waals surface area contributed by atoms with Gasteiger partial charge in [0.1, 0.15) is 18.1 Å². The van der Waals surface area contributed by atoms with E-state index in [0.717, 1.165) is 5.56 Å². The second-order valence-corrected chi connectivity index (χ2v) is 5.50. The van der Waals surface area contributed by atoms with Gasteiger partial charge in [-0.25, -0.2) is 0 Å². The Balaban J connectivity index is 1.88. The predicted octanol–water partition coefficient (Wildman–Crippen LogP) is 1.33. The van der Waals surface area contributed by atoms with Crippen LogP contribution in [0.15, 0.2) is 48.5 Å². The minimum absolute atomic E-state index is 0.0648. The van der Waals surface area contributed by atoms with Crippen molar-refractivity contribution in [1.29, 1.82) is 0 Å². The average Bonchev–Trinajstić information content (AvgIpc) is 2.65. The molecular formula is C19H23N3O4. The molecule has 0 unspecified atom stereocenters.